The van der Waals surface area contributed by atoms with E-state index < -0.39 is 25.4 Å². The molecule has 0 heterocycles. The van der Waals surface area contributed by atoms with Crippen LogP contribution in [0.2, 0.25) is 39.3 Å². The average Bonchev–Trinajstić information content (AvgIpc) is 2.34. The minimum Gasteiger partial charge on any atom is -0.439 e. The summed E-state index contributed by atoms with van der Waals surface area (Å²) in [6.07, 6.45) is 19.6. The largest absolute Gasteiger partial charge is 0.439 e. The second-order valence-electron chi connectivity index (χ2n) is 6.77. The van der Waals surface area contributed by atoms with Crippen molar-refractivity contribution in [3.05, 3.63) is 36.1 Å². The van der Waals surface area contributed by atoms with Crippen LogP contribution in [-0.4, -0.2) is 39.3 Å². The van der Waals surface area contributed by atoms with Crippen LogP contribution < -0.4 is 0 Å². The standard InChI is InChI=1S/C16H24O2Si4/c1-9-14-12-11-13-16(15(14)10-2)19-20(3)17-22(7,8)18-21(4,5)6/h11-12,19-20H,13H2,3-8H3. The highest BCUT2D eigenvalue weighted by atomic mass is 29.2. The molecule has 0 amide bonds. The molecule has 0 bridgehead atoms. The first-order chi connectivity index (χ1) is 10.1. The molecular formula is C16H24O2Si4. The molecule has 0 saturated heterocycles. The lowest BCUT2D eigenvalue weighted by atomic mass is 9.98. The van der Waals surface area contributed by atoms with Crippen LogP contribution in [-0.2, 0) is 8.23 Å². The highest BCUT2D eigenvalue weighted by Gasteiger charge is 2.32. The Morgan fingerprint density at radius 1 is 1.18 bits per heavy atom. The predicted octanol–water partition coefficient (Wildman–Crippen LogP) is 2.45. The quantitative estimate of drug-likeness (QED) is 0.554. The summed E-state index contributed by atoms with van der Waals surface area (Å²) in [4.78, 5) is 0. The summed E-state index contributed by atoms with van der Waals surface area (Å²) in [6, 6.07) is 0. The van der Waals surface area contributed by atoms with Gasteiger partial charge in [0.2, 0.25) is 0 Å². The molecule has 116 valence electrons. The SMILES string of the molecule is [C]#CC1=C(C#[C])C(=[SiH][SiH](C)O[Si](C)(C)O[Si](C)(C)C)CC=C1. The van der Waals surface area contributed by atoms with Crippen LogP contribution in [0.25, 0.3) is 0 Å². The van der Waals surface area contributed by atoms with Crippen molar-refractivity contribution in [3.8, 4) is 11.8 Å². The average molecular weight is 361 g/mol. The Morgan fingerprint density at radius 2 is 1.82 bits per heavy atom. The van der Waals surface area contributed by atoms with Gasteiger partial charge in [-0.3, -0.25) is 0 Å². The summed E-state index contributed by atoms with van der Waals surface area (Å²) in [5.41, 5.74) is 1.42. The van der Waals surface area contributed by atoms with Gasteiger partial charge in [-0.25, -0.2) is 0 Å². The van der Waals surface area contributed by atoms with Crippen LogP contribution in [0, 0.1) is 24.7 Å². The maximum atomic E-state index is 7.50. The molecule has 0 aromatic heterocycles. The molecule has 0 aromatic carbocycles. The van der Waals surface area contributed by atoms with Crippen molar-refractivity contribution in [2.75, 3.05) is 0 Å². The molecule has 0 saturated carbocycles. The second-order valence-corrected chi connectivity index (χ2v) is 21.8. The van der Waals surface area contributed by atoms with Gasteiger partial charge in [0.15, 0.2) is 16.9 Å². The Bertz CT molecular complexity index is 595. The number of hydrogen-bond acceptors (Lipinski definition) is 2. The Hall–Kier alpha value is -0.742. The molecule has 2 nitrogen and oxygen atoms in total. The summed E-state index contributed by atoms with van der Waals surface area (Å²) in [6.45, 7) is 13.1. The molecular weight excluding hydrogens is 337 g/mol. The van der Waals surface area contributed by atoms with Crippen LogP contribution in [0.5, 0.6) is 0 Å². The highest BCUT2D eigenvalue weighted by Crippen LogP contribution is 2.17. The van der Waals surface area contributed by atoms with Crippen LogP contribution in [0.15, 0.2) is 23.3 Å². The van der Waals surface area contributed by atoms with Gasteiger partial charge in [-0.15, -0.1) is 0 Å². The first-order valence-corrected chi connectivity index (χ1v) is 18.5. The second kappa shape index (κ2) is 7.69. The van der Waals surface area contributed by atoms with E-state index >= 15 is 0 Å². The van der Waals surface area contributed by atoms with Gasteiger partial charge in [-0.05, 0) is 64.6 Å². The summed E-state index contributed by atoms with van der Waals surface area (Å²) in [7, 11) is -4.99. The molecule has 1 aliphatic carbocycles. The number of rotatable bonds is 5. The summed E-state index contributed by atoms with van der Waals surface area (Å²) < 4.78 is 12.6. The molecule has 22 heavy (non-hydrogen) atoms. The lowest BCUT2D eigenvalue weighted by Crippen LogP contribution is -2.48. The third-order valence-corrected chi connectivity index (χ3v) is 16.3. The lowest BCUT2D eigenvalue weighted by molar-refractivity contribution is 0.409. The number of hydrogen-bond donors (Lipinski definition) is 0. The maximum Gasteiger partial charge on any atom is 0.310 e. The van der Waals surface area contributed by atoms with Crippen LogP contribution in [0.1, 0.15) is 6.42 Å². The Labute approximate surface area is 141 Å². The molecule has 2 radical (unpaired) electrons. The van der Waals surface area contributed by atoms with Crippen molar-refractivity contribution >= 4 is 39.3 Å². The fourth-order valence-electron chi connectivity index (χ4n) is 2.59. The summed E-state index contributed by atoms with van der Waals surface area (Å²) in [5, 5.41) is 1.23. The first-order valence-electron chi connectivity index (χ1n) is 7.43. The molecule has 1 rings (SSSR count). The predicted molar refractivity (Wildman–Crippen MR) is 103 cm³/mol. The van der Waals surface area contributed by atoms with E-state index in [2.05, 4.69) is 51.1 Å². The topological polar surface area (TPSA) is 18.5 Å². The Balaban J connectivity index is 2.90. The van der Waals surface area contributed by atoms with E-state index in [1.807, 2.05) is 12.2 Å². The third-order valence-electron chi connectivity index (χ3n) is 2.93. The molecule has 0 aromatic rings. The zero-order chi connectivity index (χ0) is 17.0. The van der Waals surface area contributed by atoms with Gasteiger partial charge in [0.1, 0.15) is 0 Å². The first kappa shape index (κ1) is 19.3. The monoisotopic (exact) mass is 360 g/mol. The van der Waals surface area contributed by atoms with Crippen LogP contribution in [0.4, 0.5) is 0 Å². The Morgan fingerprint density at radius 3 is 2.32 bits per heavy atom. The normalized spacial score (nSPS) is 19.0. The van der Waals surface area contributed by atoms with Gasteiger partial charge in [0, 0.05) is 19.8 Å². The molecule has 1 unspecified atom stereocenters. The van der Waals surface area contributed by atoms with E-state index in [0.717, 1.165) is 12.0 Å². The van der Waals surface area contributed by atoms with Gasteiger partial charge in [-0.2, -0.15) is 0 Å². The van der Waals surface area contributed by atoms with Gasteiger partial charge in [0.05, 0.1) is 0 Å². The molecule has 6 heteroatoms. The lowest BCUT2D eigenvalue weighted by Gasteiger charge is -2.33. The number of allylic oxidation sites excluding steroid dienone is 4. The van der Waals surface area contributed by atoms with E-state index in [0.29, 0.717) is 5.57 Å². The van der Waals surface area contributed by atoms with Gasteiger partial charge in [0.25, 0.3) is 0 Å². The minimum atomic E-state index is -2.07. The third kappa shape index (κ3) is 6.17. The molecule has 1 atom stereocenters. The van der Waals surface area contributed by atoms with E-state index in [1.54, 1.807) is 0 Å². The van der Waals surface area contributed by atoms with Crippen molar-refractivity contribution < 1.29 is 8.23 Å². The fourth-order valence-corrected chi connectivity index (χ4v) is 20.4. The van der Waals surface area contributed by atoms with E-state index in [1.165, 1.54) is 5.17 Å². The van der Waals surface area contributed by atoms with Crippen LogP contribution >= 0.6 is 0 Å². The summed E-state index contributed by atoms with van der Waals surface area (Å²) in [5.74, 6) is 4.90. The van der Waals surface area contributed by atoms with Gasteiger partial charge in [-0.1, -0.05) is 23.1 Å². The van der Waals surface area contributed by atoms with Crippen molar-refractivity contribution in [3.63, 3.8) is 0 Å². The maximum absolute atomic E-state index is 7.50. The van der Waals surface area contributed by atoms with Crippen LogP contribution in [0.3, 0.4) is 0 Å². The van der Waals surface area contributed by atoms with E-state index in [4.69, 9.17) is 21.1 Å². The van der Waals surface area contributed by atoms with Crippen molar-refractivity contribution in [2.24, 2.45) is 0 Å². The fraction of sp³-hybridized carbons (Fsp3) is 0.438. The molecule has 0 aliphatic heterocycles. The smallest absolute Gasteiger partial charge is 0.310 e. The van der Waals surface area contributed by atoms with Gasteiger partial charge >= 0.3 is 8.56 Å². The van der Waals surface area contributed by atoms with Crippen molar-refractivity contribution in [2.45, 2.75) is 45.7 Å². The zero-order valence-corrected chi connectivity index (χ0v) is 18.6. The molecule has 0 fully saturated rings. The molecule has 0 N–H and O–H groups in total. The summed E-state index contributed by atoms with van der Waals surface area (Å²) >= 11 is 0. The Kier molecular flexibility index (Phi) is 6.75. The highest BCUT2D eigenvalue weighted by molar-refractivity contribution is 7.14. The van der Waals surface area contributed by atoms with E-state index in [9.17, 15) is 0 Å². The van der Waals surface area contributed by atoms with Crippen molar-refractivity contribution in [1.29, 1.82) is 0 Å². The van der Waals surface area contributed by atoms with E-state index in [-0.39, 0.29) is 8.65 Å². The minimum absolute atomic E-state index is 0.0129. The van der Waals surface area contributed by atoms with Crippen molar-refractivity contribution in [1.82, 2.24) is 0 Å². The molecule has 0 spiro atoms. The zero-order valence-electron chi connectivity index (χ0n) is 14.3. The van der Waals surface area contributed by atoms with Gasteiger partial charge < -0.3 is 8.23 Å². The molecule has 1 aliphatic rings.